The van der Waals surface area contributed by atoms with Crippen molar-refractivity contribution < 1.29 is 0 Å². The van der Waals surface area contributed by atoms with Crippen molar-refractivity contribution in [3.8, 4) is 0 Å². The van der Waals surface area contributed by atoms with E-state index in [4.69, 9.17) is 3.56 Å². The van der Waals surface area contributed by atoms with Crippen molar-refractivity contribution in [2.45, 2.75) is 67.8 Å². The molecule has 2 atom stereocenters. The third-order valence-corrected chi connectivity index (χ3v) is 7.65. The summed E-state index contributed by atoms with van der Waals surface area (Å²) in [6.45, 7) is 0. The number of H-pyrrole nitrogens is 1. The molecule has 0 spiro atoms. The molecule has 0 radical (unpaired) electrons. The minimum absolute atomic E-state index is 0.388. The van der Waals surface area contributed by atoms with Gasteiger partial charge in [-0.15, -0.1) is 0 Å². The van der Waals surface area contributed by atoms with Crippen LogP contribution >= 0.6 is 21.0 Å². The number of rotatable bonds is 5. The second-order valence-electron chi connectivity index (χ2n) is 7.33. The molecule has 0 bridgehead atoms. The molecule has 6 heteroatoms. The van der Waals surface area contributed by atoms with Crippen LogP contribution in [-0.2, 0) is 6.42 Å². The van der Waals surface area contributed by atoms with Gasteiger partial charge in [-0.05, 0) is 58.2 Å². The van der Waals surface area contributed by atoms with Gasteiger partial charge in [0.05, 0.1) is 5.39 Å². The van der Waals surface area contributed by atoms with Gasteiger partial charge in [0.15, 0.2) is 0 Å². The molecule has 1 unspecified atom stereocenters. The maximum absolute atomic E-state index is 7.78. The smallest absolute Gasteiger partial charge is 0.143 e. The van der Waals surface area contributed by atoms with E-state index < -0.39 is 0 Å². The molecule has 2 saturated carbocycles. The van der Waals surface area contributed by atoms with Gasteiger partial charge in [0.25, 0.3) is 0 Å². The van der Waals surface area contributed by atoms with Crippen LogP contribution in [0.4, 0.5) is 5.82 Å². The molecular formula is C18H26IN5. The first-order chi connectivity index (χ1) is 11.8. The SMILES string of the molecule is N=IC1CCC[C@@H](Nc2ncnc3[nH]cc(CC4CCCC4)c23)C1. The van der Waals surface area contributed by atoms with Crippen LogP contribution in [0.1, 0.15) is 56.9 Å². The average molecular weight is 439 g/mol. The molecule has 2 fully saturated rings. The molecule has 0 amide bonds. The molecule has 0 saturated heterocycles. The lowest BCUT2D eigenvalue weighted by Gasteiger charge is -2.27. The minimum atomic E-state index is -0.388. The van der Waals surface area contributed by atoms with Crippen molar-refractivity contribution in [2.24, 2.45) is 5.92 Å². The second kappa shape index (κ2) is 7.45. The number of fused-ring (bicyclic) bond motifs is 1. The molecule has 0 aromatic carbocycles. The quantitative estimate of drug-likeness (QED) is 0.446. The van der Waals surface area contributed by atoms with Gasteiger partial charge in [0, 0.05) is 16.2 Å². The van der Waals surface area contributed by atoms with Crippen LogP contribution in [0.25, 0.3) is 11.0 Å². The third kappa shape index (κ3) is 3.48. The van der Waals surface area contributed by atoms with Gasteiger partial charge in [-0.2, -0.15) is 0 Å². The number of hydrogen-bond acceptors (Lipinski definition) is 4. The first-order valence-corrected chi connectivity index (χ1v) is 11.5. The summed E-state index contributed by atoms with van der Waals surface area (Å²) in [6, 6.07) is 0.473. The summed E-state index contributed by atoms with van der Waals surface area (Å²) in [4.78, 5) is 12.4. The van der Waals surface area contributed by atoms with Gasteiger partial charge in [-0.3, -0.25) is 3.56 Å². The van der Waals surface area contributed by atoms with E-state index >= 15 is 0 Å². The molecule has 2 heterocycles. The molecule has 2 aromatic heterocycles. The fourth-order valence-corrected chi connectivity index (χ4v) is 6.00. The van der Waals surface area contributed by atoms with E-state index in [0.29, 0.717) is 9.97 Å². The number of aromatic amines is 1. The van der Waals surface area contributed by atoms with E-state index in [1.807, 2.05) is 0 Å². The minimum Gasteiger partial charge on any atom is -0.367 e. The summed E-state index contributed by atoms with van der Waals surface area (Å²) >= 11 is -0.388. The summed E-state index contributed by atoms with van der Waals surface area (Å²) in [6.07, 6.45) is 15.3. The zero-order chi connectivity index (χ0) is 16.4. The van der Waals surface area contributed by atoms with Crippen molar-refractivity contribution in [3.05, 3.63) is 18.1 Å². The standard InChI is InChI=1S/C18H26IN5/c20-19-14-6-3-7-15(9-14)24-18-16-13(8-12-4-1-2-5-12)10-21-17(16)22-11-23-18/h10-12,14-15,20H,1-9H2,(H2,21,22,23,24)/t14?,15-/m1/s1. The average Bonchev–Trinajstić information content (AvgIpc) is 3.26. The largest absolute Gasteiger partial charge is 0.367 e. The highest BCUT2D eigenvalue weighted by Crippen LogP contribution is 2.34. The van der Waals surface area contributed by atoms with Gasteiger partial charge in [-0.25, -0.2) is 9.97 Å². The number of hydrogen-bond donors (Lipinski definition) is 3. The molecule has 130 valence electrons. The second-order valence-corrected chi connectivity index (χ2v) is 9.71. The summed E-state index contributed by atoms with van der Waals surface area (Å²) < 4.78 is 8.43. The molecule has 24 heavy (non-hydrogen) atoms. The normalized spacial score (nSPS) is 25.3. The van der Waals surface area contributed by atoms with Gasteiger partial charge in [-0.1, -0.05) is 32.1 Å². The number of nitrogens with zero attached hydrogens (tertiary/aromatic N) is 2. The Kier molecular flexibility index (Phi) is 5.10. The molecule has 0 aliphatic heterocycles. The summed E-state index contributed by atoms with van der Waals surface area (Å²) in [7, 11) is 0. The topological polar surface area (TPSA) is 77.5 Å². The van der Waals surface area contributed by atoms with Crippen LogP contribution in [0.15, 0.2) is 12.5 Å². The number of halogens is 1. The van der Waals surface area contributed by atoms with E-state index in [0.717, 1.165) is 30.2 Å². The Bertz CT molecular complexity index is 706. The van der Waals surface area contributed by atoms with Crippen LogP contribution in [-0.4, -0.2) is 24.9 Å². The van der Waals surface area contributed by atoms with Crippen molar-refractivity contribution >= 4 is 37.9 Å². The number of anilines is 1. The number of aromatic nitrogens is 3. The van der Waals surface area contributed by atoms with Gasteiger partial charge in [0.1, 0.15) is 17.8 Å². The highest BCUT2D eigenvalue weighted by Gasteiger charge is 2.23. The van der Waals surface area contributed by atoms with E-state index in [1.165, 1.54) is 55.9 Å². The van der Waals surface area contributed by atoms with Crippen LogP contribution in [0.5, 0.6) is 0 Å². The van der Waals surface area contributed by atoms with Crippen molar-refractivity contribution in [2.75, 3.05) is 5.32 Å². The van der Waals surface area contributed by atoms with Gasteiger partial charge in [0.2, 0.25) is 0 Å². The van der Waals surface area contributed by atoms with Gasteiger partial charge < -0.3 is 10.3 Å². The lowest BCUT2D eigenvalue weighted by atomic mass is 9.95. The third-order valence-electron chi connectivity index (χ3n) is 5.64. The molecule has 4 rings (SSSR count). The fraction of sp³-hybridized carbons (Fsp3) is 0.667. The molecule has 2 aromatic rings. The molecule has 2 aliphatic rings. The van der Waals surface area contributed by atoms with Gasteiger partial charge >= 0.3 is 0 Å². The maximum atomic E-state index is 7.78. The van der Waals surface area contributed by atoms with Crippen LogP contribution < -0.4 is 5.32 Å². The van der Waals surface area contributed by atoms with E-state index in [9.17, 15) is 0 Å². The monoisotopic (exact) mass is 439 g/mol. The van der Waals surface area contributed by atoms with Crippen molar-refractivity contribution in [1.82, 2.24) is 15.0 Å². The molecule has 2 aliphatic carbocycles. The van der Waals surface area contributed by atoms with Crippen LogP contribution in [0.2, 0.25) is 0 Å². The highest BCUT2D eigenvalue weighted by atomic mass is 127. The first kappa shape index (κ1) is 16.4. The Morgan fingerprint density at radius 1 is 1.17 bits per heavy atom. The zero-order valence-corrected chi connectivity index (χ0v) is 16.2. The Morgan fingerprint density at radius 3 is 2.88 bits per heavy atom. The molecule has 3 N–H and O–H groups in total. The summed E-state index contributed by atoms with van der Waals surface area (Å²) in [5.41, 5.74) is 2.33. The van der Waals surface area contributed by atoms with Crippen LogP contribution in [0.3, 0.4) is 0 Å². The zero-order valence-electron chi connectivity index (χ0n) is 14.0. The Hall–Kier alpha value is -1.05. The molecule has 5 nitrogen and oxygen atoms in total. The first-order valence-electron chi connectivity index (χ1n) is 9.20. The Morgan fingerprint density at radius 2 is 2.04 bits per heavy atom. The summed E-state index contributed by atoms with van der Waals surface area (Å²) in [5.74, 6) is 1.83. The Balaban J connectivity index is 1.57. The molecular weight excluding hydrogens is 413 g/mol. The van der Waals surface area contributed by atoms with E-state index in [2.05, 4.69) is 26.5 Å². The predicted molar refractivity (Wildman–Crippen MR) is 106 cm³/mol. The predicted octanol–water partition coefficient (Wildman–Crippen LogP) is 5.15. The lowest BCUT2D eigenvalue weighted by molar-refractivity contribution is 0.482. The number of nitrogens with one attached hydrogen (secondary N) is 3. The maximum Gasteiger partial charge on any atom is 0.143 e. The van der Waals surface area contributed by atoms with Crippen molar-refractivity contribution in [3.63, 3.8) is 0 Å². The fourth-order valence-electron chi connectivity index (χ4n) is 4.38. The Labute approximate surface area is 153 Å². The van der Waals surface area contributed by atoms with E-state index in [-0.39, 0.29) is 21.0 Å². The van der Waals surface area contributed by atoms with Crippen molar-refractivity contribution in [1.29, 1.82) is 3.56 Å². The lowest BCUT2D eigenvalue weighted by Crippen LogP contribution is -2.28. The van der Waals surface area contributed by atoms with Crippen LogP contribution in [0, 0.1) is 9.48 Å². The summed E-state index contributed by atoms with van der Waals surface area (Å²) in [5, 5.41) is 4.90. The number of alkyl halides is 1. The highest BCUT2D eigenvalue weighted by molar-refractivity contribution is 14.1. The van der Waals surface area contributed by atoms with E-state index in [1.54, 1.807) is 6.33 Å².